The van der Waals surface area contributed by atoms with Crippen molar-refractivity contribution in [1.82, 2.24) is 20.5 Å². The molecular formula is C32H35FN4O4S2. The molecule has 1 fully saturated rings. The molecule has 0 saturated heterocycles. The van der Waals surface area contributed by atoms with Gasteiger partial charge in [0.1, 0.15) is 10.8 Å². The van der Waals surface area contributed by atoms with Crippen molar-refractivity contribution in [2.24, 2.45) is 5.92 Å². The minimum Gasteiger partial charge on any atom is -0.381 e. The van der Waals surface area contributed by atoms with Crippen molar-refractivity contribution in [1.29, 1.82) is 0 Å². The number of fused-ring (bicyclic) bond motifs is 1. The highest BCUT2D eigenvalue weighted by molar-refractivity contribution is 7.91. The van der Waals surface area contributed by atoms with Crippen LogP contribution in [0.3, 0.4) is 0 Å². The number of carbonyl (C=O) groups is 2. The zero-order chi connectivity index (χ0) is 30.7. The number of carbonyl (C=O) groups excluding carboxylic acids is 2. The van der Waals surface area contributed by atoms with Crippen LogP contribution in [-0.4, -0.2) is 56.8 Å². The van der Waals surface area contributed by atoms with Crippen LogP contribution in [0.5, 0.6) is 0 Å². The fourth-order valence-electron chi connectivity index (χ4n) is 5.02. The molecule has 2 amide bonds. The van der Waals surface area contributed by atoms with Gasteiger partial charge in [0.25, 0.3) is 0 Å². The van der Waals surface area contributed by atoms with Gasteiger partial charge in [-0.25, -0.2) is 17.8 Å². The van der Waals surface area contributed by atoms with E-state index in [0.29, 0.717) is 17.0 Å². The SMILES string of the molecule is CC1C/C=C/C(c2ccc3nc(C(C(=O)NCC(=O)NC4CC4)S(=O)(=O)Cc4ccc(F)cc4)sc3c2)=C\C=C1N(C)C. The Kier molecular flexibility index (Phi) is 9.12. The van der Waals surface area contributed by atoms with E-state index in [-0.39, 0.29) is 23.5 Å². The molecule has 2 aromatic carbocycles. The van der Waals surface area contributed by atoms with E-state index in [2.05, 4.69) is 51.7 Å². The Morgan fingerprint density at radius 1 is 1.12 bits per heavy atom. The summed E-state index contributed by atoms with van der Waals surface area (Å²) in [4.78, 5) is 32.3. The Morgan fingerprint density at radius 2 is 1.86 bits per heavy atom. The van der Waals surface area contributed by atoms with E-state index in [1.165, 1.54) is 30.0 Å². The fraction of sp³-hybridized carbons (Fsp3) is 0.344. The first-order chi connectivity index (χ1) is 20.5. The van der Waals surface area contributed by atoms with E-state index in [1.807, 2.05) is 32.3 Å². The van der Waals surface area contributed by atoms with E-state index in [4.69, 9.17) is 0 Å². The second-order valence-corrected chi connectivity index (χ2v) is 14.4. The summed E-state index contributed by atoms with van der Waals surface area (Å²) in [5.41, 5.74) is 4.07. The van der Waals surface area contributed by atoms with Crippen molar-refractivity contribution >= 4 is 48.8 Å². The Bertz CT molecular complexity index is 1720. The number of aromatic nitrogens is 1. The molecule has 3 aromatic rings. The number of hydrogen-bond acceptors (Lipinski definition) is 7. The standard InChI is InChI=1S/C32H35FN4O4S2/c1-20-5-4-6-22(10-16-27(20)37(2)3)23-9-15-26-28(17-23)42-32(36-26)30(31(39)34-18-29(38)35-25-13-14-25)43(40,41)19-21-7-11-24(33)12-8-21/h4,6-12,15-17,20,25,30H,5,13-14,18-19H2,1-3H3,(H,34,39)(H,35,38)/b6-4+,22-10+,27-16?. The van der Waals surface area contributed by atoms with Crippen molar-refractivity contribution in [3.63, 3.8) is 0 Å². The Labute approximate surface area is 255 Å². The van der Waals surface area contributed by atoms with E-state index < -0.39 is 32.6 Å². The van der Waals surface area contributed by atoms with Crippen LogP contribution in [0.1, 0.15) is 47.6 Å². The number of nitrogens with zero attached hydrogens (tertiary/aromatic N) is 2. The summed E-state index contributed by atoms with van der Waals surface area (Å²) in [6.45, 7) is 1.85. The quantitative estimate of drug-likeness (QED) is 0.333. The number of sulfone groups is 1. The summed E-state index contributed by atoms with van der Waals surface area (Å²) in [7, 11) is -0.0990. The van der Waals surface area contributed by atoms with E-state index >= 15 is 0 Å². The molecule has 43 heavy (non-hydrogen) atoms. The summed E-state index contributed by atoms with van der Waals surface area (Å²) in [6, 6.07) is 10.9. The number of thiazole rings is 1. The first-order valence-electron chi connectivity index (χ1n) is 14.2. The molecule has 2 aliphatic rings. The van der Waals surface area contributed by atoms with Crippen molar-refractivity contribution < 1.29 is 22.4 Å². The van der Waals surface area contributed by atoms with Gasteiger partial charge in [-0.2, -0.15) is 0 Å². The molecule has 1 heterocycles. The third-order valence-electron chi connectivity index (χ3n) is 7.45. The second kappa shape index (κ2) is 12.8. The molecule has 8 nitrogen and oxygen atoms in total. The number of rotatable bonds is 10. The predicted molar refractivity (Wildman–Crippen MR) is 168 cm³/mol. The first kappa shape index (κ1) is 30.6. The van der Waals surface area contributed by atoms with Crippen molar-refractivity contribution in [3.8, 4) is 0 Å². The van der Waals surface area contributed by atoms with Gasteiger partial charge in [0, 0.05) is 25.8 Å². The van der Waals surface area contributed by atoms with Crippen LogP contribution >= 0.6 is 11.3 Å². The Balaban J connectivity index is 1.47. The molecular weight excluding hydrogens is 588 g/mol. The molecule has 2 atom stereocenters. The van der Waals surface area contributed by atoms with Gasteiger partial charge >= 0.3 is 0 Å². The first-order valence-corrected chi connectivity index (χ1v) is 16.7. The number of nitrogens with one attached hydrogen (secondary N) is 2. The molecule has 2 unspecified atom stereocenters. The molecule has 0 spiro atoms. The molecule has 5 rings (SSSR count). The molecule has 11 heteroatoms. The maximum atomic E-state index is 13.7. The molecule has 0 aliphatic heterocycles. The third-order valence-corrected chi connectivity index (χ3v) is 10.6. The topological polar surface area (TPSA) is 108 Å². The van der Waals surface area contributed by atoms with Crippen molar-refractivity contribution in [2.75, 3.05) is 20.6 Å². The Hall–Kier alpha value is -3.83. The molecule has 1 aromatic heterocycles. The highest BCUT2D eigenvalue weighted by Crippen LogP contribution is 2.35. The van der Waals surface area contributed by atoms with Gasteiger partial charge in [-0.05, 0) is 72.2 Å². The van der Waals surface area contributed by atoms with Crippen molar-refractivity contribution in [2.45, 2.75) is 43.2 Å². The number of amides is 2. The lowest BCUT2D eigenvalue weighted by atomic mass is 9.96. The van der Waals surface area contributed by atoms with Gasteiger partial charge in [-0.1, -0.05) is 43.4 Å². The van der Waals surface area contributed by atoms with Crippen LogP contribution in [0, 0.1) is 11.7 Å². The summed E-state index contributed by atoms with van der Waals surface area (Å²) in [5.74, 6) is -1.79. The predicted octanol–water partition coefficient (Wildman–Crippen LogP) is 4.91. The van der Waals surface area contributed by atoms with Gasteiger partial charge in [-0.15, -0.1) is 11.3 Å². The van der Waals surface area contributed by atoms with Crippen molar-refractivity contribution in [3.05, 3.63) is 94.4 Å². The lowest BCUT2D eigenvalue weighted by molar-refractivity contribution is -0.126. The summed E-state index contributed by atoms with van der Waals surface area (Å²) < 4.78 is 41.6. The summed E-state index contributed by atoms with van der Waals surface area (Å²) in [5, 5.41) is 3.75. The lowest BCUT2D eigenvalue weighted by Crippen LogP contribution is -2.41. The van der Waals surface area contributed by atoms with Gasteiger partial charge < -0.3 is 15.5 Å². The largest absolute Gasteiger partial charge is 0.381 e. The van der Waals surface area contributed by atoms with Crippen LogP contribution in [0.25, 0.3) is 15.8 Å². The zero-order valence-electron chi connectivity index (χ0n) is 24.3. The van der Waals surface area contributed by atoms with Crippen LogP contribution in [0.2, 0.25) is 0 Å². The number of allylic oxidation sites excluding steroid dienone is 6. The van der Waals surface area contributed by atoms with E-state index in [0.717, 1.165) is 46.4 Å². The molecule has 1 saturated carbocycles. The van der Waals surface area contributed by atoms with E-state index in [1.54, 1.807) is 0 Å². The number of hydrogen-bond donors (Lipinski definition) is 2. The van der Waals surface area contributed by atoms with Gasteiger partial charge in [0.15, 0.2) is 15.1 Å². The smallest absolute Gasteiger partial charge is 0.245 e. The lowest BCUT2D eigenvalue weighted by Gasteiger charge is -2.23. The van der Waals surface area contributed by atoms with Crippen LogP contribution < -0.4 is 10.6 Å². The highest BCUT2D eigenvalue weighted by atomic mass is 32.2. The molecule has 0 radical (unpaired) electrons. The zero-order valence-corrected chi connectivity index (χ0v) is 26.0. The maximum absolute atomic E-state index is 13.7. The molecule has 2 aliphatic carbocycles. The average molecular weight is 623 g/mol. The van der Waals surface area contributed by atoms with Gasteiger partial charge in [-0.3, -0.25) is 9.59 Å². The Morgan fingerprint density at radius 3 is 2.56 bits per heavy atom. The van der Waals surface area contributed by atoms with E-state index in [9.17, 15) is 22.4 Å². The summed E-state index contributed by atoms with van der Waals surface area (Å²) in [6.07, 6.45) is 11.1. The molecule has 226 valence electrons. The van der Waals surface area contributed by atoms with Gasteiger partial charge in [0.05, 0.1) is 22.5 Å². The third kappa shape index (κ3) is 7.58. The second-order valence-electron chi connectivity index (χ2n) is 11.3. The van der Waals surface area contributed by atoms with Crippen LogP contribution in [-0.2, 0) is 25.2 Å². The maximum Gasteiger partial charge on any atom is 0.245 e. The fourth-order valence-corrected chi connectivity index (χ4v) is 8.19. The van der Waals surface area contributed by atoms with Crippen LogP contribution in [0.4, 0.5) is 4.39 Å². The number of halogens is 1. The van der Waals surface area contributed by atoms with Crippen LogP contribution in [0.15, 0.2) is 72.5 Å². The van der Waals surface area contributed by atoms with Gasteiger partial charge in [0.2, 0.25) is 11.8 Å². The monoisotopic (exact) mass is 622 g/mol. The minimum absolute atomic E-state index is 0.108. The average Bonchev–Trinajstić information content (AvgIpc) is 3.65. The molecule has 0 bridgehead atoms. The minimum atomic E-state index is -4.16. The number of benzene rings is 2. The highest BCUT2D eigenvalue weighted by Gasteiger charge is 2.37. The summed E-state index contributed by atoms with van der Waals surface area (Å²) >= 11 is 1.14. The normalized spacial score (nSPS) is 19.8. The molecule has 2 N–H and O–H groups in total.